The molecule has 1 aliphatic heterocycles. The smallest absolute Gasteiger partial charge is 0.304 e. The molecule has 0 saturated carbocycles. The number of aryl methyl sites for hydroxylation is 1. The van der Waals surface area contributed by atoms with Gasteiger partial charge in [0.25, 0.3) is 0 Å². The quantitative estimate of drug-likeness (QED) is 0.318. The number of nitrogens with zero attached hydrogens (tertiary/aromatic N) is 1. The molecule has 1 fully saturated rings. The fraction of sp³-hybridized carbons (Fsp3) is 0.286. The number of hydrogen-bond donors (Lipinski definition) is 1. The third kappa shape index (κ3) is 6.19. The highest BCUT2D eigenvalue weighted by molar-refractivity contribution is 6.01. The van der Waals surface area contributed by atoms with Crippen molar-refractivity contribution in [3.8, 4) is 11.5 Å². The molecule has 35 heavy (non-hydrogen) atoms. The molecule has 182 valence electrons. The van der Waals surface area contributed by atoms with Crippen molar-refractivity contribution in [1.82, 2.24) is 0 Å². The topological polar surface area (TPSA) is 86.6 Å². The van der Waals surface area contributed by atoms with Crippen LogP contribution in [0.4, 0.5) is 0 Å². The van der Waals surface area contributed by atoms with E-state index >= 15 is 0 Å². The number of carbonyl (C=O) groups is 1. The lowest BCUT2D eigenvalue weighted by molar-refractivity contribution is -0.145. The van der Waals surface area contributed by atoms with Crippen molar-refractivity contribution < 1.29 is 28.9 Å². The van der Waals surface area contributed by atoms with Crippen molar-refractivity contribution in [3.63, 3.8) is 0 Å². The summed E-state index contributed by atoms with van der Waals surface area (Å²) < 4.78 is 17.1. The van der Waals surface area contributed by atoms with Crippen LogP contribution < -0.4 is 9.47 Å². The lowest BCUT2D eigenvalue weighted by Crippen LogP contribution is -2.48. The summed E-state index contributed by atoms with van der Waals surface area (Å²) in [5, 5.41) is 13.3. The van der Waals surface area contributed by atoms with E-state index in [4.69, 9.17) is 19.0 Å². The molecule has 1 saturated heterocycles. The average molecular weight is 476 g/mol. The van der Waals surface area contributed by atoms with Crippen LogP contribution in [-0.4, -0.2) is 43.7 Å². The standard InChI is InChI=1S/C28H29NO6/c1-20-3-7-22(8-4-20)26(29-32-2)17-35-24-11-5-21(6-12-24)16-34-25-13-9-23(10-14-25)28(15-27(30)31)18-33-19-28/h3-14H,15-19H2,1-2H3,(H,30,31). The fourth-order valence-corrected chi connectivity index (χ4v) is 3.93. The summed E-state index contributed by atoms with van der Waals surface area (Å²) in [7, 11) is 1.52. The number of carboxylic acid groups (broad SMARTS) is 1. The molecule has 0 radical (unpaired) electrons. The lowest BCUT2D eigenvalue weighted by Gasteiger charge is -2.40. The van der Waals surface area contributed by atoms with E-state index < -0.39 is 11.4 Å². The van der Waals surface area contributed by atoms with Crippen LogP contribution in [0.15, 0.2) is 78.0 Å². The van der Waals surface area contributed by atoms with Gasteiger partial charge in [0.2, 0.25) is 0 Å². The molecule has 0 aliphatic carbocycles. The Labute approximate surface area is 204 Å². The molecule has 0 amide bonds. The largest absolute Gasteiger partial charge is 0.489 e. The minimum absolute atomic E-state index is 0.0610. The summed E-state index contributed by atoms with van der Waals surface area (Å²) in [5.41, 5.74) is 4.36. The second kappa shape index (κ2) is 11.1. The molecule has 1 aliphatic rings. The monoisotopic (exact) mass is 475 g/mol. The maximum Gasteiger partial charge on any atom is 0.304 e. The van der Waals surface area contributed by atoms with Crippen molar-refractivity contribution in [3.05, 3.63) is 95.1 Å². The van der Waals surface area contributed by atoms with Crippen molar-refractivity contribution in [1.29, 1.82) is 0 Å². The van der Waals surface area contributed by atoms with Gasteiger partial charge in [-0.05, 0) is 42.3 Å². The Morgan fingerprint density at radius 2 is 1.57 bits per heavy atom. The Kier molecular flexibility index (Phi) is 7.67. The Morgan fingerprint density at radius 3 is 2.14 bits per heavy atom. The van der Waals surface area contributed by atoms with E-state index in [1.165, 1.54) is 12.7 Å². The zero-order chi connectivity index (χ0) is 24.7. The molecule has 1 heterocycles. The van der Waals surface area contributed by atoms with E-state index in [1.807, 2.05) is 79.7 Å². The molecule has 7 nitrogen and oxygen atoms in total. The van der Waals surface area contributed by atoms with Crippen LogP contribution in [0.3, 0.4) is 0 Å². The van der Waals surface area contributed by atoms with E-state index in [0.29, 0.717) is 25.5 Å². The molecule has 3 aromatic rings. The van der Waals surface area contributed by atoms with Gasteiger partial charge in [-0.1, -0.05) is 59.3 Å². The highest BCUT2D eigenvalue weighted by Gasteiger charge is 2.42. The normalized spacial score (nSPS) is 14.6. The van der Waals surface area contributed by atoms with E-state index in [0.717, 1.165) is 28.2 Å². The van der Waals surface area contributed by atoms with Crippen LogP contribution in [0.2, 0.25) is 0 Å². The average Bonchev–Trinajstić information content (AvgIpc) is 2.84. The number of carboxylic acids is 1. The maximum absolute atomic E-state index is 11.2. The van der Waals surface area contributed by atoms with Crippen LogP contribution in [0.25, 0.3) is 0 Å². The highest BCUT2D eigenvalue weighted by Crippen LogP contribution is 2.36. The zero-order valence-electron chi connectivity index (χ0n) is 19.9. The third-order valence-corrected chi connectivity index (χ3v) is 6.00. The molecule has 0 bridgehead atoms. The number of aliphatic carboxylic acids is 1. The first kappa shape index (κ1) is 24.3. The molecule has 7 heteroatoms. The Morgan fingerprint density at radius 1 is 0.943 bits per heavy atom. The van der Waals surface area contributed by atoms with Crippen molar-refractivity contribution >= 4 is 11.7 Å². The SMILES string of the molecule is CON=C(COc1ccc(COc2ccc(C3(CC(=O)O)COC3)cc2)cc1)c1ccc(C)cc1. The fourth-order valence-electron chi connectivity index (χ4n) is 3.93. The van der Waals surface area contributed by atoms with E-state index in [2.05, 4.69) is 5.16 Å². The van der Waals surface area contributed by atoms with Crippen LogP contribution >= 0.6 is 0 Å². The molecular weight excluding hydrogens is 446 g/mol. The van der Waals surface area contributed by atoms with E-state index in [1.54, 1.807) is 0 Å². The first-order valence-corrected chi connectivity index (χ1v) is 11.4. The van der Waals surface area contributed by atoms with Gasteiger partial charge < -0.3 is 24.2 Å². The van der Waals surface area contributed by atoms with Gasteiger partial charge in [-0.3, -0.25) is 4.79 Å². The van der Waals surface area contributed by atoms with Gasteiger partial charge in [-0.25, -0.2) is 0 Å². The first-order valence-electron chi connectivity index (χ1n) is 11.4. The molecule has 0 unspecified atom stereocenters. The van der Waals surface area contributed by atoms with Gasteiger partial charge in [-0.15, -0.1) is 0 Å². The number of ether oxygens (including phenoxy) is 3. The van der Waals surface area contributed by atoms with Crippen molar-refractivity contribution in [2.24, 2.45) is 5.16 Å². The molecule has 0 aromatic heterocycles. The number of benzene rings is 3. The summed E-state index contributed by atoms with van der Waals surface area (Å²) in [5.74, 6) is 0.622. The highest BCUT2D eigenvalue weighted by atomic mass is 16.6. The van der Waals surface area contributed by atoms with Gasteiger partial charge in [0.15, 0.2) is 0 Å². The zero-order valence-corrected chi connectivity index (χ0v) is 19.9. The summed E-state index contributed by atoms with van der Waals surface area (Å²) >= 11 is 0. The predicted molar refractivity (Wildman–Crippen MR) is 132 cm³/mol. The molecule has 4 rings (SSSR count). The molecule has 1 N–H and O–H groups in total. The minimum Gasteiger partial charge on any atom is -0.489 e. The maximum atomic E-state index is 11.2. The van der Waals surface area contributed by atoms with E-state index in [-0.39, 0.29) is 13.0 Å². The Balaban J connectivity index is 1.30. The Hall–Kier alpha value is -3.84. The number of rotatable bonds is 11. The van der Waals surface area contributed by atoms with Crippen LogP contribution in [-0.2, 0) is 26.4 Å². The van der Waals surface area contributed by atoms with Gasteiger partial charge >= 0.3 is 5.97 Å². The summed E-state index contributed by atoms with van der Waals surface area (Å²) in [6.45, 7) is 3.59. The van der Waals surface area contributed by atoms with E-state index in [9.17, 15) is 9.90 Å². The third-order valence-electron chi connectivity index (χ3n) is 6.00. The molecular formula is C28H29NO6. The van der Waals surface area contributed by atoms with Crippen LogP contribution in [0.1, 0.15) is 28.7 Å². The molecule has 3 aromatic carbocycles. The summed E-state index contributed by atoms with van der Waals surface area (Å²) in [4.78, 5) is 16.2. The number of oxime groups is 1. The summed E-state index contributed by atoms with van der Waals surface area (Å²) in [6.07, 6.45) is 0.0610. The minimum atomic E-state index is -0.821. The molecule has 0 atom stereocenters. The van der Waals surface area contributed by atoms with Gasteiger partial charge in [-0.2, -0.15) is 0 Å². The second-order valence-corrected chi connectivity index (χ2v) is 8.68. The van der Waals surface area contributed by atoms with Crippen molar-refractivity contribution in [2.45, 2.75) is 25.4 Å². The lowest BCUT2D eigenvalue weighted by atomic mass is 9.76. The second-order valence-electron chi connectivity index (χ2n) is 8.68. The van der Waals surface area contributed by atoms with Gasteiger partial charge in [0.1, 0.15) is 37.5 Å². The predicted octanol–water partition coefficient (Wildman–Crippen LogP) is 4.75. The van der Waals surface area contributed by atoms with Crippen molar-refractivity contribution in [2.75, 3.05) is 26.9 Å². The first-order chi connectivity index (χ1) is 17.0. The Bertz CT molecular complexity index is 1150. The summed E-state index contributed by atoms with van der Waals surface area (Å²) in [6, 6.07) is 23.3. The van der Waals surface area contributed by atoms with Gasteiger partial charge in [0, 0.05) is 5.56 Å². The van der Waals surface area contributed by atoms with Crippen LogP contribution in [0, 0.1) is 6.92 Å². The van der Waals surface area contributed by atoms with Gasteiger partial charge in [0.05, 0.1) is 25.0 Å². The molecule has 0 spiro atoms. The van der Waals surface area contributed by atoms with Crippen LogP contribution in [0.5, 0.6) is 11.5 Å². The number of hydrogen-bond acceptors (Lipinski definition) is 6.